The second kappa shape index (κ2) is 17.2. The van der Waals surface area contributed by atoms with Crippen LogP contribution in [0.3, 0.4) is 0 Å². The first-order chi connectivity index (χ1) is 26.5. The highest BCUT2D eigenvalue weighted by molar-refractivity contribution is 5.97. The summed E-state index contributed by atoms with van der Waals surface area (Å²) in [6.45, 7) is 2.53. The van der Waals surface area contributed by atoms with Crippen LogP contribution in [0.15, 0.2) is 79.3 Å². The van der Waals surface area contributed by atoms with Crippen molar-refractivity contribution in [2.45, 2.75) is 69.4 Å². The first-order valence-electron chi connectivity index (χ1n) is 18.1. The lowest BCUT2D eigenvalue weighted by atomic mass is 10.0. The molecule has 2 aromatic heterocycles. The predicted molar refractivity (Wildman–Crippen MR) is 199 cm³/mol. The fourth-order valence-corrected chi connectivity index (χ4v) is 6.76. The second-order valence-corrected chi connectivity index (χ2v) is 13.8. The number of hydrogen-bond donors (Lipinski definition) is 7. The van der Waals surface area contributed by atoms with Crippen LogP contribution in [0.5, 0.6) is 5.75 Å². The van der Waals surface area contributed by atoms with Gasteiger partial charge in [0.15, 0.2) is 6.61 Å². The van der Waals surface area contributed by atoms with Crippen molar-refractivity contribution in [2.24, 2.45) is 0 Å². The molecular weight excluding hydrogens is 708 g/mol. The molecule has 0 radical (unpaired) electrons. The molecule has 0 spiro atoms. The topological polar surface area (TPSA) is 224 Å². The van der Waals surface area contributed by atoms with Crippen LogP contribution >= 0.6 is 0 Å². The largest absolute Gasteiger partial charge is 0.484 e. The molecule has 6 atom stereocenters. The first kappa shape index (κ1) is 38.4. The zero-order valence-corrected chi connectivity index (χ0v) is 30.4. The number of nitrogens with zero attached hydrogens (tertiary/aromatic N) is 2. The monoisotopic (exact) mass is 752 g/mol. The highest BCUT2D eigenvalue weighted by Gasteiger charge is 2.44. The Hall–Kier alpha value is -6.29. The number of fused-ring (bicyclic) bond motifs is 17. The van der Waals surface area contributed by atoms with Gasteiger partial charge in [-0.2, -0.15) is 0 Å². The Balaban J connectivity index is 1.33. The van der Waals surface area contributed by atoms with Crippen molar-refractivity contribution in [1.29, 1.82) is 0 Å². The van der Waals surface area contributed by atoms with Crippen LogP contribution in [0.4, 0.5) is 0 Å². The average molecular weight is 753 g/mol. The molecule has 1 saturated heterocycles. The molecule has 4 aromatic rings. The molecule has 5 heterocycles. The minimum absolute atomic E-state index is 0.0412. The number of aliphatic hydroxyl groups is 1. The molecule has 0 saturated carbocycles. The standard InChI is InChI=1S/C39H44N8O8/c1-22-35(50)41-15-13-24-9-11-28(12-10-24)55-21-33(49)45-31(16-26-19-42-30-8-4-3-7-29(26)30)39(54)47-20-27(44-36(51)25-6-5-14-40-18-25)17-32(47)37(52)46-34(23(2)48)38(53)43-22/h3-12,14,18-19,22-23,27,31-32,34,42,48H,13,15-17,20-21H2,1-2H3,(H,41,50)(H,43,53)(H,44,51)(H,45,49)(H,46,52)/t22-,23+,27-,31+,32-,34-/m0/s1. The predicted octanol–water partition coefficient (Wildman–Crippen LogP) is 0.111. The number of aromatic amines is 1. The number of ether oxygens (including phenoxy) is 1. The third kappa shape index (κ3) is 9.45. The van der Waals surface area contributed by atoms with E-state index in [1.807, 2.05) is 24.3 Å². The minimum Gasteiger partial charge on any atom is -0.484 e. The summed E-state index contributed by atoms with van der Waals surface area (Å²) in [5.74, 6) is -3.34. The van der Waals surface area contributed by atoms with E-state index in [2.05, 4.69) is 36.6 Å². The third-order valence-corrected chi connectivity index (χ3v) is 9.70. The number of rotatable bonds is 5. The first-order valence-corrected chi connectivity index (χ1v) is 18.1. The van der Waals surface area contributed by atoms with Crippen LogP contribution in [0.1, 0.15) is 41.8 Å². The summed E-state index contributed by atoms with van der Waals surface area (Å²) in [7, 11) is 0. The minimum atomic E-state index is -1.50. The number of amides is 6. The molecule has 3 aliphatic heterocycles. The Morgan fingerprint density at radius 3 is 2.51 bits per heavy atom. The fraction of sp³-hybridized carbons (Fsp3) is 0.359. The molecule has 1 fully saturated rings. The van der Waals surface area contributed by atoms with E-state index in [9.17, 15) is 33.9 Å². The lowest BCUT2D eigenvalue weighted by Gasteiger charge is -2.30. The summed E-state index contributed by atoms with van der Waals surface area (Å²) < 4.78 is 5.76. The molecule has 2 aromatic carbocycles. The number of benzene rings is 2. The Kier molecular flexibility index (Phi) is 12.0. The van der Waals surface area contributed by atoms with Crippen LogP contribution in [0, 0.1) is 0 Å². The number of aliphatic hydroxyl groups excluding tert-OH is 1. The highest BCUT2D eigenvalue weighted by Crippen LogP contribution is 2.24. The molecular formula is C39H44N8O8. The van der Waals surface area contributed by atoms with Crippen LogP contribution in [0.25, 0.3) is 10.9 Å². The molecule has 2 bridgehead atoms. The summed E-state index contributed by atoms with van der Waals surface area (Å²) in [6.07, 6.45) is 3.73. The molecule has 288 valence electrons. The number of H-pyrrole nitrogens is 1. The highest BCUT2D eigenvalue weighted by atomic mass is 16.5. The number of hydrogen-bond acceptors (Lipinski definition) is 9. The van der Waals surface area contributed by atoms with Gasteiger partial charge in [0.1, 0.15) is 29.9 Å². The van der Waals surface area contributed by atoms with Gasteiger partial charge in [-0.3, -0.25) is 33.8 Å². The van der Waals surface area contributed by atoms with Crippen LogP contribution in [0.2, 0.25) is 0 Å². The van der Waals surface area contributed by atoms with E-state index in [4.69, 9.17) is 4.74 Å². The maximum atomic E-state index is 14.7. The number of para-hydroxylation sites is 1. The molecule has 7 rings (SSSR count). The van der Waals surface area contributed by atoms with Gasteiger partial charge in [0, 0.05) is 55.0 Å². The fourth-order valence-electron chi connectivity index (χ4n) is 6.76. The molecule has 16 nitrogen and oxygen atoms in total. The van der Waals surface area contributed by atoms with Crippen LogP contribution < -0.4 is 31.3 Å². The van der Waals surface area contributed by atoms with Gasteiger partial charge in [-0.25, -0.2) is 0 Å². The smallest absolute Gasteiger partial charge is 0.258 e. The van der Waals surface area contributed by atoms with Gasteiger partial charge in [-0.05, 0) is 68.1 Å². The van der Waals surface area contributed by atoms with Crippen molar-refractivity contribution in [3.63, 3.8) is 0 Å². The van der Waals surface area contributed by atoms with E-state index in [0.29, 0.717) is 12.2 Å². The number of pyridine rings is 1. The quantitative estimate of drug-likeness (QED) is 0.137. The third-order valence-electron chi connectivity index (χ3n) is 9.70. The van der Waals surface area contributed by atoms with Gasteiger partial charge in [0.05, 0.1) is 11.7 Å². The van der Waals surface area contributed by atoms with Crippen LogP contribution in [-0.2, 0) is 36.8 Å². The number of carbonyl (C=O) groups is 6. The number of carbonyl (C=O) groups excluding carboxylic acids is 6. The lowest BCUT2D eigenvalue weighted by Crippen LogP contribution is -2.60. The van der Waals surface area contributed by atoms with Gasteiger partial charge in [-0.1, -0.05) is 30.3 Å². The molecule has 7 N–H and O–H groups in total. The van der Waals surface area contributed by atoms with E-state index in [0.717, 1.165) is 22.0 Å². The van der Waals surface area contributed by atoms with Gasteiger partial charge in [0.2, 0.25) is 23.6 Å². The van der Waals surface area contributed by atoms with Crippen molar-refractivity contribution in [1.82, 2.24) is 41.5 Å². The van der Waals surface area contributed by atoms with Crippen LogP contribution in [-0.4, -0.2) is 111 Å². The Morgan fingerprint density at radius 1 is 0.982 bits per heavy atom. The van der Waals surface area contributed by atoms with Crippen molar-refractivity contribution in [2.75, 3.05) is 19.7 Å². The van der Waals surface area contributed by atoms with Crippen molar-refractivity contribution in [3.8, 4) is 5.75 Å². The molecule has 3 aliphatic rings. The Labute approximate surface area is 316 Å². The zero-order valence-electron chi connectivity index (χ0n) is 30.4. The normalized spacial score (nSPS) is 23.6. The number of nitrogens with one attached hydrogen (secondary N) is 6. The molecule has 55 heavy (non-hydrogen) atoms. The molecule has 0 aliphatic carbocycles. The van der Waals surface area contributed by atoms with Gasteiger partial charge < -0.3 is 46.3 Å². The SMILES string of the molecule is C[C@@H]1NC(=O)[C@H]([C@@H](C)O)NC(=O)[C@@H]2C[C@H](NC(=O)c3cccnc3)CN2C(=O)[C@@H](Cc2c[nH]c3ccccc23)NC(=O)COc2ccc(cc2)CCNC1=O. The number of aromatic nitrogens is 2. The van der Waals surface area contributed by atoms with Gasteiger partial charge >= 0.3 is 0 Å². The average Bonchev–Trinajstić information content (AvgIpc) is 3.80. The van der Waals surface area contributed by atoms with E-state index in [-0.39, 0.29) is 31.5 Å². The van der Waals surface area contributed by atoms with E-state index >= 15 is 0 Å². The van der Waals surface area contributed by atoms with Gasteiger partial charge in [0.25, 0.3) is 11.8 Å². The zero-order chi connectivity index (χ0) is 39.1. The molecule has 16 heteroatoms. The Morgan fingerprint density at radius 2 is 1.76 bits per heavy atom. The van der Waals surface area contributed by atoms with E-state index < -0.39 is 78.4 Å². The van der Waals surface area contributed by atoms with Gasteiger partial charge in [-0.15, -0.1) is 0 Å². The van der Waals surface area contributed by atoms with Crippen molar-refractivity contribution < 1.29 is 38.6 Å². The van der Waals surface area contributed by atoms with E-state index in [1.54, 1.807) is 42.6 Å². The summed E-state index contributed by atoms with van der Waals surface area (Å²) in [5.41, 5.74) is 2.71. The summed E-state index contributed by atoms with van der Waals surface area (Å²) in [5, 5.41) is 25.0. The second-order valence-electron chi connectivity index (χ2n) is 13.8. The summed E-state index contributed by atoms with van der Waals surface area (Å²) in [4.78, 5) is 90.1. The van der Waals surface area contributed by atoms with E-state index in [1.165, 1.54) is 31.1 Å². The maximum absolute atomic E-state index is 14.7. The maximum Gasteiger partial charge on any atom is 0.258 e. The van der Waals surface area contributed by atoms with Crippen molar-refractivity contribution >= 4 is 46.3 Å². The molecule has 6 amide bonds. The molecule has 0 unspecified atom stereocenters. The summed E-state index contributed by atoms with van der Waals surface area (Å²) in [6, 6.07) is 12.0. The lowest BCUT2D eigenvalue weighted by molar-refractivity contribution is -0.143. The Bertz CT molecular complexity index is 2040. The van der Waals surface area contributed by atoms with Crippen molar-refractivity contribution in [3.05, 3.63) is 95.9 Å². The summed E-state index contributed by atoms with van der Waals surface area (Å²) >= 11 is 0.